The maximum Gasteiger partial charge on any atom is 0.416 e. The highest BCUT2D eigenvalue weighted by molar-refractivity contribution is 7.87. The predicted octanol–water partition coefficient (Wildman–Crippen LogP) is 3.94. The molecule has 2 aromatic carbocycles. The van der Waals surface area contributed by atoms with Crippen LogP contribution in [0.2, 0.25) is 0 Å². The van der Waals surface area contributed by atoms with E-state index in [0.717, 1.165) is 12.1 Å². The largest absolute Gasteiger partial charge is 0.416 e. The van der Waals surface area contributed by atoms with E-state index in [-0.39, 0.29) is 17.0 Å². The van der Waals surface area contributed by atoms with E-state index < -0.39 is 32.7 Å². The van der Waals surface area contributed by atoms with Crippen LogP contribution < -0.4 is 9.61 Å². The standard InChI is InChI=1S/C21H16F3N3O4S/c1-14-5-4-12-25-19(14)20(28)27-26-13-15-6-2-3-7-18(15)31-32(29,30)17-10-8-16(9-11-17)21(22,23)24/h2-13H,1H3,(H,27,28)/b26-13+. The topological polar surface area (TPSA) is 97.7 Å². The third-order valence-electron chi connectivity index (χ3n) is 4.18. The van der Waals surface area contributed by atoms with Gasteiger partial charge in [0.15, 0.2) is 5.75 Å². The van der Waals surface area contributed by atoms with Crippen molar-refractivity contribution in [3.8, 4) is 5.75 Å². The van der Waals surface area contributed by atoms with Gasteiger partial charge in [-0.3, -0.25) is 9.78 Å². The van der Waals surface area contributed by atoms with Gasteiger partial charge in [0.05, 0.1) is 11.8 Å². The number of rotatable bonds is 6. The molecule has 11 heteroatoms. The van der Waals surface area contributed by atoms with Crippen molar-refractivity contribution in [2.45, 2.75) is 18.0 Å². The van der Waals surface area contributed by atoms with Gasteiger partial charge in [0.2, 0.25) is 0 Å². The number of benzene rings is 2. The van der Waals surface area contributed by atoms with Crippen molar-refractivity contribution < 1.29 is 30.6 Å². The van der Waals surface area contributed by atoms with Gasteiger partial charge in [-0.05, 0) is 55.0 Å². The van der Waals surface area contributed by atoms with Gasteiger partial charge in [-0.25, -0.2) is 5.43 Å². The van der Waals surface area contributed by atoms with Crippen molar-refractivity contribution in [2.24, 2.45) is 5.10 Å². The number of hydrogen-bond donors (Lipinski definition) is 1. The molecule has 0 bridgehead atoms. The summed E-state index contributed by atoms with van der Waals surface area (Å²) in [6, 6.07) is 12.2. The van der Waals surface area contributed by atoms with E-state index in [1.165, 1.54) is 30.6 Å². The normalized spacial score (nSPS) is 12.0. The minimum absolute atomic E-state index is 0.126. The molecule has 1 heterocycles. The molecule has 3 aromatic rings. The lowest BCUT2D eigenvalue weighted by atomic mass is 10.2. The minimum Gasteiger partial charge on any atom is -0.378 e. The zero-order valence-corrected chi connectivity index (χ0v) is 17.3. The molecule has 1 amide bonds. The van der Waals surface area contributed by atoms with E-state index in [1.807, 2.05) is 0 Å². The van der Waals surface area contributed by atoms with Gasteiger partial charge in [-0.2, -0.15) is 26.7 Å². The lowest BCUT2D eigenvalue weighted by molar-refractivity contribution is -0.137. The second-order valence-corrected chi connectivity index (χ2v) is 8.01. The Kier molecular flexibility index (Phi) is 6.58. The van der Waals surface area contributed by atoms with Crippen molar-refractivity contribution in [2.75, 3.05) is 0 Å². The zero-order valence-electron chi connectivity index (χ0n) is 16.5. The van der Waals surface area contributed by atoms with Crippen molar-refractivity contribution in [3.05, 3.63) is 89.2 Å². The van der Waals surface area contributed by atoms with E-state index in [2.05, 4.69) is 15.5 Å². The molecule has 0 aliphatic carbocycles. The lowest BCUT2D eigenvalue weighted by Gasteiger charge is -2.11. The van der Waals surface area contributed by atoms with Gasteiger partial charge >= 0.3 is 16.3 Å². The molecule has 1 aromatic heterocycles. The number of carbonyl (C=O) groups is 1. The molecule has 0 atom stereocenters. The van der Waals surface area contributed by atoms with E-state index in [0.29, 0.717) is 17.7 Å². The fourth-order valence-electron chi connectivity index (χ4n) is 2.58. The van der Waals surface area contributed by atoms with Crippen LogP contribution in [0.25, 0.3) is 0 Å². The van der Waals surface area contributed by atoms with Crippen LogP contribution in [0.1, 0.15) is 27.2 Å². The number of nitrogens with zero attached hydrogens (tertiary/aromatic N) is 2. The first-order valence-corrected chi connectivity index (χ1v) is 10.4. The monoisotopic (exact) mass is 463 g/mol. The molecule has 32 heavy (non-hydrogen) atoms. The fraction of sp³-hybridized carbons (Fsp3) is 0.0952. The number of pyridine rings is 1. The summed E-state index contributed by atoms with van der Waals surface area (Å²) in [5.41, 5.74) is 2.34. The maximum atomic E-state index is 12.7. The highest BCUT2D eigenvalue weighted by atomic mass is 32.2. The second-order valence-electron chi connectivity index (χ2n) is 6.47. The molecule has 7 nitrogen and oxygen atoms in total. The van der Waals surface area contributed by atoms with Gasteiger partial charge in [-0.15, -0.1) is 0 Å². The fourth-order valence-corrected chi connectivity index (χ4v) is 3.53. The highest BCUT2D eigenvalue weighted by Crippen LogP contribution is 2.30. The summed E-state index contributed by atoms with van der Waals surface area (Å²) in [7, 11) is -4.41. The Bertz CT molecular complexity index is 1260. The average molecular weight is 463 g/mol. The van der Waals surface area contributed by atoms with Crippen LogP contribution in [0.5, 0.6) is 5.75 Å². The molecule has 0 fully saturated rings. The SMILES string of the molecule is Cc1cccnc1C(=O)N/N=C/c1ccccc1OS(=O)(=O)c1ccc(C(F)(F)F)cc1. The third-order valence-corrected chi connectivity index (χ3v) is 5.43. The minimum atomic E-state index is -4.59. The first kappa shape index (κ1) is 22.9. The smallest absolute Gasteiger partial charge is 0.378 e. The number of hydrazone groups is 1. The Morgan fingerprint density at radius 3 is 2.41 bits per heavy atom. The number of aryl methyl sites for hydroxylation is 1. The number of aromatic nitrogens is 1. The van der Waals surface area contributed by atoms with Gasteiger partial charge in [-0.1, -0.05) is 18.2 Å². The Morgan fingerprint density at radius 1 is 1.06 bits per heavy atom. The molecule has 0 aliphatic rings. The summed E-state index contributed by atoms with van der Waals surface area (Å²) in [6.45, 7) is 1.71. The van der Waals surface area contributed by atoms with Gasteiger partial charge in [0.25, 0.3) is 5.91 Å². The number of alkyl halides is 3. The molecule has 0 radical (unpaired) electrons. The van der Waals surface area contributed by atoms with E-state index in [1.54, 1.807) is 25.1 Å². The number of amides is 1. The summed E-state index contributed by atoms with van der Waals surface area (Å²) in [5.74, 6) is -0.686. The number of hydrogen-bond acceptors (Lipinski definition) is 6. The van der Waals surface area contributed by atoms with Crippen LogP contribution in [0, 0.1) is 6.92 Å². The summed E-state index contributed by atoms with van der Waals surface area (Å²) < 4.78 is 68.1. The molecule has 1 N–H and O–H groups in total. The van der Waals surface area contributed by atoms with Crippen LogP contribution in [-0.2, 0) is 16.3 Å². The van der Waals surface area contributed by atoms with Crippen LogP contribution in [-0.4, -0.2) is 25.5 Å². The molecule has 0 saturated heterocycles. The Balaban J connectivity index is 1.77. The van der Waals surface area contributed by atoms with Crippen molar-refractivity contribution in [1.82, 2.24) is 10.4 Å². The summed E-state index contributed by atoms with van der Waals surface area (Å²) in [5, 5.41) is 3.80. The van der Waals surface area contributed by atoms with E-state index in [4.69, 9.17) is 4.18 Å². The summed E-state index contributed by atoms with van der Waals surface area (Å²) >= 11 is 0. The van der Waals surface area contributed by atoms with Gasteiger partial charge < -0.3 is 4.18 Å². The predicted molar refractivity (Wildman–Crippen MR) is 110 cm³/mol. The zero-order chi connectivity index (χ0) is 23.4. The van der Waals surface area contributed by atoms with Crippen LogP contribution in [0.15, 0.2) is 76.9 Å². The maximum absolute atomic E-state index is 12.7. The number of carbonyl (C=O) groups excluding carboxylic acids is 1. The number of nitrogens with one attached hydrogen (secondary N) is 1. The van der Waals surface area contributed by atoms with Crippen LogP contribution >= 0.6 is 0 Å². The van der Waals surface area contributed by atoms with Gasteiger partial charge in [0, 0.05) is 11.8 Å². The molecule has 3 rings (SSSR count). The van der Waals surface area contributed by atoms with E-state index in [9.17, 15) is 26.4 Å². The molecule has 0 aliphatic heterocycles. The Labute approximate surface area is 181 Å². The first-order chi connectivity index (χ1) is 15.1. The molecule has 0 spiro atoms. The molecule has 166 valence electrons. The molecular formula is C21H16F3N3O4S. The number of halogens is 3. The second kappa shape index (κ2) is 9.18. The lowest BCUT2D eigenvalue weighted by Crippen LogP contribution is -2.20. The molecule has 0 saturated carbocycles. The summed E-state index contributed by atoms with van der Waals surface area (Å²) in [6.07, 6.45) is -1.96. The third kappa shape index (κ3) is 5.49. The number of para-hydroxylation sites is 1. The van der Waals surface area contributed by atoms with Gasteiger partial charge in [0.1, 0.15) is 10.6 Å². The van der Waals surface area contributed by atoms with Crippen LogP contribution in [0.3, 0.4) is 0 Å². The Hall–Kier alpha value is -3.73. The Morgan fingerprint density at radius 2 is 1.75 bits per heavy atom. The highest BCUT2D eigenvalue weighted by Gasteiger charge is 2.31. The molecular weight excluding hydrogens is 447 g/mol. The van der Waals surface area contributed by atoms with Crippen molar-refractivity contribution in [3.63, 3.8) is 0 Å². The first-order valence-electron chi connectivity index (χ1n) is 9.04. The summed E-state index contributed by atoms with van der Waals surface area (Å²) in [4.78, 5) is 15.7. The van der Waals surface area contributed by atoms with Crippen molar-refractivity contribution >= 4 is 22.2 Å². The molecule has 0 unspecified atom stereocenters. The van der Waals surface area contributed by atoms with E-state index >= 15 is 0 Å². The quantitative estimate of drug-likeness (QED) is 0.339. The van der Waals surface area contributed by atoms with Crippen molar-refractivity contribution in [1.29, 1.82) is 0 Å². The average Bonchev–Trinajstić information content (AvgIpc) is 2.74. The van der Waals surface area contributed by atoms with Crippen LogP contribution in [0.4, 0.5) is 13.2 Å².